The van der Waals surface area contributed by atoms with Crippen molar-refractivity contribution >= 4 is 21.6 Å². The summed E-state index contributed by atoms with van der Waals surface area (Å²) in [5.41, 5.74) is 2.87. The molecule has 2 aromatic rings. The van der Waals surface area contributed by atoms with Crippen molar-refractivity contribution in [3.8, 4) is 5.75 Å². The van der Waals surface area contributed by atoms with Gasteiger partial charge in [0.2, 0.25) is 10.0 Å². The molecule has 0 aliphatic carbocycles. The first kappa shape index (κ1) is 23.7. The summed E-state index contributed by atoms with van der Waals surface area (Å²) in [5, 5.41) is 2.97. The highest BCUT2D eigenvalue weighted by molar-refractivity contribution is 7.92. The van der Waals surface area contributed by atoms with Crippen molar-refractivity contribution in [2.24, 2.45) is 0 Å². The molecule has 0 saturated carbocycles. The molecule has 0 radical (unpaired) electrons. The first-order chi connectivity index (χ1) is 13.8. The van der Waals surface area contributed by atoms with Crippen LogP contribution >= 0.6 is 0 Å². The van der Waals surface area contributed by atoms with E-state index in [-0.39, 0.29) is 17.4 Å². The number of rotatable bonds is 7. The van der Waals surface area contributed by atoms with Crippen LogP contribution in [0.4, 0.5) is 5.69 Å². The lowest BCUT2D eigenvalue weighted by Gasteiger charge is -2.22. The molecule has 0 spiro atoms. The number of carbonyl (C=O) groups is 1. The average Bonchev–Trinajstić information content (AvgIpc) is 2.66. The Kier molecular flexibility index (Phi) is 7.18. The Morgan fingerprint density at radius 1 is 1.00 bits per heavy atom. The summed E-state index contributed by atoms with van der Waals surface area (Å²) in [6.07, 6.45) is 0.446. The number of sulfonamides is 1. The summed E-state index contributed by atoms with van der Waals surface area (Å²) in [5.74, 6) is 0.269. The molecule has 1 amide bonds. The number of benzene rings is 2. The van der Waals surface area contributed by atoms with E-state index in [0.717, 1.165) is 11.8 Å². The molecule has 0 aromatic heterocycles. The molecule has 0 bridgehead atoms. The highest BCUT2D eigenvalue weighted by Gasteiger charge is 2.19. The van der Waals surface area contributed by atoms with E-state index >= 15 is 0 Å². The van der Waals surface area contributed by atoms with Crippen molar-refractivity contribution in [1.29, 1.82) is 0 Å². The highest BCUT2D eigenvalue weighted by atomic mass is 32.2. The Morgan fingerprint density at radius 2 is 1.53 bits per heavy atom. The normalized spacial score (nSPS) is 14.0. The van der Waals surface area contributed by atoms with E-state index in [1.807, 2.05) is 19.1 Å². The first-order valence-corrected chi connectivity index (χ1v) is 11.8. The Hall–Kier alpha value is -2.54. The van der Waals surface area contributed by atoms with Crippen LogP contribution in [0.5, 0.6) is 5.75 Å². The molecule has 7 heteroatoms. The van der Waals surface area contributed by atoms with Crippen LogP contribution in [-0.2, 0) is 20.2 Å². The topological polar surface area (TPSA) is 75.7 Å². The smallest absolute Gasteiger partial charge is 0.261 e. The quantitative estimate of drug-likeness (QED) is 0.717. The van der Waals surface area contributed by atoms with E-state index in [9.17, 15) is 13.2 Å². The molecule has 0 fully saturated rings. The van der Waals surface area contributed by atoms with Gasteiger partial charge in [0.1, 0.15) is 5.75 Å². The minimum Gasteiger partial charge on any atom is -0.481 e. The zero-order chi connectivity index (χ0) is 22.7. The molecule has 0 unspecified atom stereocenters. The van der Waals surface area contributed by atoms with E-state index in [2.05, 4.69) is 38.2 Å². The third kappa shape index (κ3) is 6.23. The second-order valence-electron chi connectivity index (χ2n) is 8.59. The molecule has 0 saturated heterocycles. The molecule has 2 rings (SSSR count). The SMILES string of the molecule is C[C@H](Oc1ccc(N(C)S(C)(=O)=O)cc1)C(=O)N[C@H](C)c1ccc(C(C)(C)C)cc1. The van der Waals surface area contributed by atoms with Gasteiger partial charge in [0.15, 0.2) is 6.10 Å². The second-order valence-corrected chi connectivity index (χ2v) is 10.6. The van der Waals surface area contributed by atoms with Crippen LogP contribution in [0.25, 0.3) is 0 Å². The largest absolute Gasteiger partial charge is 0.481 e. The average molecular weight is 433 g/mol. The molecule has 164 valence electrons. The van der Waals surface area contributed by atoms with E-state index in [1.54, 1.807) is 31.2 Å². The van der Waals surface area contributed by atoms with Gasteiger partial charge in [-0.15, -0.1) is 0 Å². The number of hydrogen-bond donors (Lipinski definition) is 1. The van der Waals surface area contributed by atoms with Crippen molar-refractivity contribution in [3.63, 3.8) is 0 Å². The molecule has 1 N–H and O–H groups in total. The zero-order valence-corrected chi connectivity index (χ0v) is 19.6. The third-order valence-electron chi connectivity index (χ3n) is 5.02. The highest BCUT2D eigenvalue weighted by Crippen LogP contribution is 2.24. The third-order valence-corrected chi connectivity index (χ3v) is 6.22. The fraction of sp³-hybridized carbons (Fsp3) is 0.435. The monoisotopic (exact) mass is 432 g/mol. The lowest BCUT2D eigenvalue weighted by molar-refractivity contribution is -0.127. The van der Waals surface area contributed by atoms with Gasteiger partial charge in [0, 0.05) is 7.05 Å². The summed E-state index contributed by atoms with van der Waals surface area (Å²) < 4.78 is 30.1. The molecule has 30 heavy (non-hydrogen) atoms. The van der Waals surface area contributed by atoms with Crippen molar-refractivity contribution in [2.75, 3.05) is 17.6 Å². The van der Waals surface area contributed by atoms with Gasteiger partial charge in [-0.1, -0.05) is 45.0 Å². The molecule has 2 aromatic carbocycles. The first-order valence-electron chi connectivity index (χ1n) is 9.90. The summed E-state index contributed by atoms with van der Waals surface area (Å²) in [6, 6.07) is 14.7. The Labute approximate surface area is 180 Å². The molecular formula is C23H32N2O4S. The molecule has 0 aliphatic heterocycles. The van der Waals surface area contributed by atoms with Gasteiger partial charge in [0.05, 0.1) is 18.0 Å². The van der Waals surface area contributed by atoms with E-state index in [0.29, 0.717) is 11.4 Å². The predicted octanol–water partition coefficient (Wildman–Crippen LogP) is 4.02. The number of carbonyl (C=O) groups excluding carboxylic acids is 1. The van der Waals surface area contributed by atoms with Crippen LogP contribution in [0.1, 0.15) is 51.8 Å². The number of nitrogens with one attached hydrogen (secondary N) is 1. The minimum atomic E-state index is -3.33. The second kappa shape index (κ2) is 9.08. The Bertz CT molecular complexity index is 962. The number of hydrogen-bond acceptors (Lipinski definition) is 4. The summed E-state index contributed by atoms with van der Waals surface area (Å²) in [6.45, 7) is 10.1. The van der Waals surface area contributed by atoms with Crippen LogP contribution in [0.2, 0.25) is 0 Å². The van der Waals surface area contributed by atoms with Crippen molar-refractivity contribution in [3.05, 3.63) is 59.7 Å². The zero-order valence-electron chi connectivity index (χ0n) is 18.8. The molecule has 0 heterocycles. The van der Waals surface area contributed by atoms with Crippen LogP contribution in [0.3, 0.4) is 0 Å². The van der Waals surface area contributed by atoms with Crippen LogP contribution in [0, 0.1) is 0 Å². The standard InChI is InChI=1S/C23H32N2O4S/c1-16(18-8-10-19(11-9-18)23(3,4)5)24-22(26)17(2)29-21-14-12-20(13-15-21)25(6)30(7,27)28/h8-17H,1-7H3,(H,24,26)/t16-,17+/m1/s1. The fourth-order valence-electron chi connectivity index (χ4n) is 2.87. The van der Waals surface area contributed by atoms with Gasteiger partial charge in [-0.25, -0.2) is 8.42 Å². The van der Waals surface area contributed by atoms with Gasteiger partial charge in [-0.05, 0) is 54.7 Å². The number of ether oxygens (including phenoxy) is 1. The fourth-order valence-corrected chi connectivity index (χ4v) is 3.37. The lowest BCUT2D eigenvalue weighted by Crippen LogP contribution is -2.37. The van der Waals surface area contributed by atoms with Crippen LogP contribution < -0.4 is 14.4 Å². The number of amides is 1. The summed E-state index contributed by atoms with van der Waals surface area (Å²) in [4.78, 5) is 12.5. The number of nitrogens with zero attached hydrogens (tertiary/aromatic N) is 1. The van der Waals surface area contributed by atoms with Crippen LogP contribution in [0.15, 0.2) is 48.5 Å². The van der Waals surface area contributed by atoms with Crippen LogP contribution in [-0.4, -0.2) is 33.7 Å². The maximum Gasteiger partial charge on any atom is 0.261 e. The van der Waals surface area contributed by atoms with Crippen molar-refractivity contribution in [2.45, 2.75) is 52.2 Å². The Morgan fingerprint density at radius 3 is 2.00 bits per heavy atom. The Balaban J connectivity index is 1.97. The van der Waals surface area contributed by atoms with E-state index in [1.165, 1.54) is 16.9 Å². The predicted molar refractivity (Wildman–Crippen MR) is 121 cm³/mol. The minimum absolute atomic E-state index is 0.0824. The van der Waals surface area contributed by atoms with Gasteiger partial charge >= 0.3 is 0 Å². The molecule has 0 aliphatic rings. The lowest BCUT2D eigenvalue weighted by atomic mass is 9.86. The maximum atomic E-state index is 12.5. The van der Waals surface area contributed by atoms with E-state index in [4.69, 9.17) is 4.74 Å². The summed E-state index contributed by atoms with van der Waals surface area (Å²) in [7, 11) is -1.84. The van der Waals surface area contributed by atoms with E-state index < -0.39 is 16.1 Å². The van der Waals surface area contributed by atoms with Gasteiger partial charge in [-0.2, -0.15) is 0 Å². The van der Waals surface area contributed by atoms with Crippen molar-refractivity contribution in [1.82, 2.24) is 5.32 Å². The maximum absolute atomic E-state index is 12.5. The summed E-state index contributed by atoms with van der Waals surface area (Å²) >= 11 is 0. The van der Waals surface area contributed by atoms with Gasteiger partial charge in [0.25, 0.3) is 5.91 Å². The molecule has 6 nitrogen and oxygen atoms in total. The molecule has 2 atom stereocenters. The van der Waals surface area contributed by atoms with Gasteiger partial charge < -0.3 is 10.1 Å². The number of anilines is 1. The van der Waals surface area contributed by atoms with Crippen molar-refractivity contribution < 1.29 is 17.9 Å². The molecular weight excluding hydrogens is 400 g/mol. The van der Waals surface area contributed by atoms with Gasteiger partial charge in [-0.3, -0.25) is 9.10 Å².